The third-order valence-corrected chi connectivity index (χ3v) is 22.1. The van der Waals surface area contributed by atoms with E-state index in [0.29, 0.717) is 90.1 Å². The fourth-order valence-electron chi connectivity index (χ4n) is 13.6. The molecule has 0 aliphatic heterocycles. The molecule has 0 N–H and O–H groups in total. The van der Waals surface area contributed by atoms with Crippen molar-refractivity contribution in [2.75, 3.05) is 42.7 Å². The van der Waals surface area contributed by atoms with Gasteiger partial charge in [0.25, 0.3) is 0 Å². The van der Waals surface area contributed by atoms with Crippen molar-refractivity contribution in [3.8, 4) is 34.5 Å². The van der Waals surface area contributed by atoms with Gasteiger partial charge in [-0.2, -0.15) is 52.7 Å². The first-order chi connectivity index (χ1) is 70.3. The van der Waals surface area contributed by atoms with E-state index in [1.807, 2.05) is 207 Å². The van der Waals surface area contributed by atoms with E-state index in [4.69, 9.17) is 28.4 Å². The van der Waals surface area contributed by atoms with Crippen molar-refractivity contribution < 1.29 is 115 Å². The molecular formula is C123H108F12O13. The van der Waals surface area contributed by atoms with Crippen molar-refractivity contribution in [3.05, 3.63) is 503 Å². The highest BCUT2D eigenvalue weighted by Gasteiger charge is 2.33. The van der Waals surface area contributed by atoms with E-state index in [9.17, 15) is 86.2 Å². The minimum absolute atomic E-state index is 0.0258. The molecule has 0 fully saturated rings. The van der Waals surface area contributed by atoms with Gasteiger partial charge in [-0.15, -0.1) is 0 Å². The topological polar surface area (TPSA) is 175 Å². The molecule has 0 radical (unpaired) electrons. The summed E-state index contributed by atoms with van der Waals surface area (Å²) in [6.07, 6.45) is 4.09. The number of allylic oxidation sites excluding steroid dienone is 7. The van der Waals surface area contributed by atoms with Crippen LogP contribution in [0, 0.1) is 55.4 Å². The second-order valence-corrected chi connectivity index (χ2v) is 33.0. The monoisotopic (exact) mass is 2020 g/mol. The Balaban J connectivity index is 0.000000211. The van der Waals surface area contributed by atoms with Gasteiger partial charge in [0, 0.05) is 22.3 Å². The van der Waals surface area contributed by atoms with Crippen LogP contribution < -0.4 is 28.4 Å². The summed E-state index contributed by atoms with van der Waals surface area (Å²) >= 11 is 0. The molecular weight excluding hydrogens is 1910 g/mol. The largest absolute Gasteiger partial charge is 0.497 e. The summed E-state index contributed by atoms with van der Waals surface area (Å²) in [6, 6.07) is 85.0. The number of methoxy groups -OCH3 is 6. The summed E-state index contributed by atoms with van der Waals surface area (Å²) in [5.74, 6) is 2.04. The SMILES string of the molecule is COc1c(C)ccc(C(=O)/C=C/c2ccc(C(F)(F)F)cc2)c1OC.COc1cc(C)ccc1C(=O)/C=C/c1ccc(C(F)(F)F)cc1.COc1cc(C)ccc1C(=O)/C=C/c1ccccc1C.COc1cccc(C(=O)/C=C/c2ccc(C(F)(F)F)cc2)c1.COc1cccc(C(=O)/C=C/c2ccccc2C)c1.Cc1ccc(C(=O)/C=C/c2ccc(C(F)(F)F)cc2)cc1.Cc1ccc(C(=O)/C=C/c2ccccc2C)cc1. The Morgan fingerprint density at radius 2 is 0.466 bits per heavy atom. The normalized spacial score (nSPS) is 11.3. The van der Waals surface area contributed by atoms with Gasteiger partial charge in [-0.1, -0.05) is 266 Å². The summed E-state index contributed by atoms with van der Waals surface area (Å²) in [5.41, 5.74) is 14.6. The zero-order valence-electron chi connectivity index (χ0n) is 83.4. The highest BCUT2D eigenvalue weighted by atomic mass is 19.4. The zero-order valence-corrected chi connectivity index (χ0v) is 83.4. The van der Waals surface area contributed by atoms with Crippen LogP contribution >= 0.6 is 0 Å². The summed E-state index contributed by atoms with van der Waals surface area (Å²) in [4.78, 5) is 84.7. The van der Waals surface area contributed by atoms with E-state index in [1.165, 1.54) is 131 Å². The van der Waals surface area contributed by atoms with Crippen molar-refractivity contribution in [2.24, 2.45) is 0 Å². The zero-order chi connectivity index (χ0) is 108. The van der Waals surface area contributed by atoms with Crippen molar-refractivity contribution in [2.45, 2.75) is 80.1 Å². The quantitative estimate of drug-likeness (QED) is 0.0270. The number of hydrogen-bond donors (Lipinski definition) is 0. The van der Waals surface area contributed by atoms with Crippen LogP contribution in [0.4, 0.5) is 52.7 Å². The van der Waals surface area contributed by atoms with E-state index in [0.717, 1.165) is 110 Å². The lowest BCUT2D eigenvalue weighted by Gasteiger charge is -2.13. The average molecular weight is 2020 g/mol. The molecule has 0 aliphatic rings. The van der Waals surface area contributed by atoms with Gasteiger partial charge >= 0.3 is 24.7 Å². The van der Waals surface area contributed by atoms with Crippen LogP contribution in [0.5, 0.6) is 34.5 Å². The molecule has 0 spiro atoms. The third-order valence-electron chi connectivity index (χ3n) is 22.1. The van der Waals surface area contributed by atoms with E-state index in [1.54, 1.807) is 117 Å². The highest BCUT2D eigenvalue weighted by molar-refractivity contribution is 6.12. The first-order valence-electron chi connectivity index (χ1n) is 45.7. The molecule has 0 saturated carbocycles. The maximum absolute atomic E-state index is 12.5. The second kappa shape index (κ2) is 56.2. The van der Waals surface area contributed by atoms with E-state index >= 15 is 0 Å². The number of aryl methyl sites for hydroxylation is 8. The minimum Gasteiger partial charge on any atom is -0.497 e. The molecule has 14 aromatic carbocycles. The fraction of sp³-hybridized carbons (Fsp3) is 0.146. The van der Waals surface area contributed by atoms with Crippen molar-refractivity contribution >= 4 is 83.0 Å². The lowest BCUT2D eigenvalue weighted by molar-refractivity contribution is -0.138. The molecule has 762 valence electrons. The van der Waals surface area contributed by atoms with Crippen molar-refractivity contribution in [3.63, 3.8) is 0 Å². The number of carbonyl (C=O) groups is 7. The third kappa shape index (κ3) is 37.3. The molecule has 14 rings (SSSR count). The maximum atomic E-state index is 12.5. The van der Waals surface area contributed by atoms with Gasteiger partial charge in [0.2, 0.25) is 0 Å². The summed E-state index contributed by atoms with van der Waals surface area (Å²) < 4.78 is 181. The van der Waals surface area contributed by atoms with Gasteiger partial charge in [-0.25, -0.2) is 0 Å². The Morgan fingerprint density at radius 1 is 0.209 bits per heavy atom. The molecule has 0 atom stereocenters. The smallest absolute Gasteiger partial charge is 0.416 e. The lowest BCUT2D eigenvalue weighted by Crippen LogP contribution is -2.04. The van der Waals surface area contributed by atoms with Crippen LogP contribution in [0.1, 0.15) is 178 Å². The van der Waals surface area contributed by atoms with E-state index in [-0.39, 0.29) is 40.5 Å². The maximum Gasteiger partial charge on any atom is 0.416 e. The Kier molecular flexibility index (Phi) is 44.1. The first-order valence-corrected chi connectivity index (χ1v) is 45.7. The first kappa shape index (κ1) is 116. The predicted octanol–water partition coefficient (Wildman–Crippen LogP) is 31.7. The molecule has 148 heavy (non-hydrogen) atoms. The number of alkyl halides is 12. The van der Waals surface area contributed by atoms with Crippen LogP contribution in [-0.4, -0.2) is 83.1 Å². The van der Waals surface area contributed by atoms with E-state index in [2.05, 4.69) is 0 Å². The predicted molar refractivity (Wildman–Crippen MR) is 561 cm³/mol. The second-order valence-electron chi connectivity index (χ2n) is 33.0. The Labute approximate surface area is 852 Å². The van der Waals surface area contributed by atoms with Crippen LogP contribution in [0.25, 0.3) is 42.5 Å². The number of ketones is 7. The Bertz CT molecular complexity index is 7080. The summed E-state index contributed by atoms with van der Waals surface area (Å²) in [7, 11) is 9.07. The average Bonchev–Trinajstić information content (AvgIpc) is 0.809. The summed E-state index contributed by atoms with van der Waals surface area (Å²) in [5, 5.41) is 0. The van der Waals surface area contributed by atoms with Gasteiger partial charge < -0.3 is 28.4 Å². The lowest BCUT2D eigenvalue weighted by atomic mass is 10.0. The van der Waals surface area contributed by atoms with Crippen molar-refractivity contribution in [1.82, 2.24) is 0 Å². The van der Waals surface area contributed by atoms with Crippen LogP contribution in [0.15, 0.2) is 358 Å². The van der Waals surface area contributed by atoms with Gasteiger partial charge in [0.1, 0.15) is 23.0 Å². The molecule has 25 heteroatoms. The van der Waals surface area contributed by atoms with E-state index < -0.39 is 47.0 Å². The Morgan fingerprint density at radius 3 is 0.743 bits per heavy atom. The minimum atomic E-state index is -4.39. The molecule has 0 aliphatic carbocycles. The van der Waals surface area contributed by atoms with Gasteiger partial charge in [0.05, 0.1) is 81.6 Å². The van der Waals surface area contributed by atoms with Crippen molar-refractivity contribution in [1.29, 1.82) is 0 Å². The molecule has 0 saturated heterocycles. The van der Waals surface area contributed by atoms with Crippen LogP contribution in [0.2, 0.25) is 0 Å². The molecule has 0 amide bonds. The van der Waals surface area contributed by atoms with Gasteiger partial charge in [-0.3, -0.25) is 33.6 Å². The molecule has 0 unspecified atom stereocenters. The molecule has 0 aromatic heterocycles. The number of ether oxygens (including phenoxy) is 6. The molecule has 0 bridgehead atoms. The standard InChI is InChI=1S/C19H17F3O3.C18H15F3O2.C18H18O2.C17H13F3O2.C17H13F3O.C17H16O2.C17H16O/c1-12-4-10-15(18(25-3)17(12)24-2)16(23)11-7-13-5-8-14(9-6-13)19(20,21)22;1-12-3-9-15(17(11-12)23-2)16(22)10-6-13-4-7-14(8-5-13)18(19,20)21;1-13-8-10-16(18(12-13)20-3)17(19)11-9-15-7-5-4-6-14(15)2;1-22-15-4-2-3-13(11-15)16(21)10-7-12-5-8-14(9-6-12)17(18,19)20;1-12-2-7-14(8-3-12)16(21)11-6-13-4-9-15(10-5-13)17(18,19)20;1-13-6-3-4-7-14(13)10-11-17(18)15-8-5-9-16(12-15)19-2;1-13-7-9-16(10-8-13)17(18)12-11-15-6-4-3-5-14(15)2/h4-11H,1-3H3;3-11H,1-2H3;4-12H,1-3H3;2-11H,1H3;2-11H,1H3;3-12H,1-2H3;3-12H,1-2H3/b11-7+;10-6+;11-9+;10-7+;11-6+;11-10+;12-11+. The molecule has 13 nitrogen and oxygen atoms in total. The number of hydrogen-bond acceptors (Lipinski definition) is 13. The number of rotatable bonds is 27. The van der Waals surface area contributed by atoms with Crippen LogP contribution in [0.3, 0.4) is 0 Å². The molecule has 14 aromatic rings. The van der Waals surface area contributed by atoms with Crippen LogP contribution in [-0.2, 0) is 24.7 Å². The fourth-order valence-corrected chi connectivity index (χ4v) is 13.6. The molecule has 0 heterocycles. The highest BCUT2D eigenvalue weighted by Crippen LogP contribution is 2.38. The van der Waals surface area contributed by atoms with Gasteiger partial charge in [-0.05, 0) is 273 Å². The number of carbonyl (C=O) groups excluding carboxylic acids is 7. The number of benzene rings is 14. The Hall–Kier alpha value is -17.1. The summed E-state index contributed by atoms with van der Waals surface area (Å²) in [6.45, 7) is 15.7. The van der Waals surface area contributed by atoms with Gasteiger partial charge in [0.15, 0.2) is 52.0 Å². The number of halogens is 12.